The number of nitro benzene ring substituents is 1. The summed E-state index contributed by atoms with van der Waals surface area (Å²) in [5.74, 6) is -0.321. The average Bonchev–Trinajstić information content (AvgIpc) is 2.60. The lowest BCUT2D eigenvalue weighted by molar-refractivity contribution is -0.384. The van der Waals surface area contributed by atoms with Crippen LogP contribution in [-0.2, 0) is 6.18 Å². The maximum Gasteiger partial charge on any atom is 0.416 e. The number of nitrogens with zero attached hydrogens (tertiary/aromatic N) is 1. The van der Waals surface area contributed by atoms with Crippen LogP contribution in [0, 0.1) is 10.1 Å². The van der Waals surface area contributed by atoms with Crippen LogP contribution >= 0.6 is 11.6 Å². The Labute approximate surface area is 157 Å². The largest absolute Gasteiger partial charge is 0.416 e. The molecule has 0 bridgehead atoms. The Morgan fingerprint density at radius 1 is 1.15 bits per heavy atom. The Morgan fingerprint density at radius 2 is 1.89 bits per heavy atom. The maximum atomic E-state index is 12.7. The lowest BCUT2D eigenvalue weighted by Gasteiger charge is -2.11. The fraction of sp³-hybridized carbons (Fsp3) is 0.235. The first kappa shape index (κ1) is 20.5. The first-order chi connectivity index (χ1) is 12.7. The molecule has 2 N–H and O–H groups in total. The van der Waals surface area contributed by atoms with Crippen molar-refractivity contribution in [3.63, 3.8) is 0 Å². The number of amides is 1. The normalized spacial score (nSPS) is 11.1. The Balaban J connectivity index is 1.88. The van der Waals surface area contributed by atoms with Crippen LogP contribution in [0.4, 0.5) is 24.5 Å². The minimum absolute atomic E-state index is 0.0193. The molecule has 2 aromatic rings. The SMILES string of the molecule is O=C(NCCCNc1ccc(C(F)(F)F)cc1[N+](=O)[O-])c1cccc(Cl)c1. The van der Waals surface area contributed by atoms with E-state index >= 15 is 0 Å². The van der Waals surface area contributed by atoms with E-state index in [1.165, 1.54) is 6.07 Å². The smallest absolute Gasteiger partial charge is 0.379 e. The summed E-state index contributed by atoms with van der Waals surface area (Å²) >= 11 is 5.80. The van der Waals surface area contributed by atoms with Gasteiger partial charge in [0, 0.05) is 29.7 Å². The lowest BCUT2D eigenvalue weighted by Crippen LogP contribution is -2.25. The third-order valence-corrected chi connectivity index (χ3v) is 3.80. The molecule has 0 radical (unpaired) electrons. The maximum absolute atomic E-state index is 12.7. The van der Waals surface area contributed by atoms with Gasteiger partial charge in [-0.3, -0.25) is 14.9 Å². The quantitative estimate of drug-likeness (QED) is 0.406. The van der Waals surface area contributed by atoms with E-state index in [9.17, 15) is 28.1 Å². The highest BCUT2D eigenvalue weighted by Crippen LogP contribution is 2.34. The molecule has 2 aromatic carbocycles. The minimum Gasteiger partial charge on any atom is -0.379 e. The van der Waals surface area contributed by atoms with Gasteiger partial charge in [0.25, 0.3) is 11.6 Å². The van der Waals surface area contributed by atoms with Crippen molar-refractivity contribution in [2.24, 2.45) is 0 Å². The number of hydrogen-bond donors (Lipinski definition) is 2. The molecular formula is C17H15ClF3N3O3. The van der Waals surface area contributed by atoms with Gasteiger partial charge in [-0.15, -0.1) is 0 Å². The van der Waals surface area contributed by atoms with Gasteiger partial charge in [-0.25, -0.2) is 0 Å². The van der Waals surface area contributed by atoms with Gasteiger partial charge in [0.1, 0.15) is 5.69 Å². The molecule has 0 atom stereocenters. The first-order valence-electron chi connectivity index (χ1n) is 7.82. The van der Waals surface area contributed by atoms with Crippen LogP contribution in [0.3, 0.4) is 0 Å². The summed E-state index contributed by atoms with van der Waals surface area (Å²) in [6.45, 7) is 0.495. The molecule has 144 valence electrons. The molecule has 0 aliphatic carbocycles. The van der Waals surface area contributed by atoms with E-state index in [0.29, 0.717) is 23.1 Å². The topological polar surface area (TPSA) is 84.3 Å². The molecule has 1 amide bonds. The minimum atomic E-state index is -4.66. The second-order valence-electron chi connectivity index (χ2n) is 5.53. The number of nitrogens with one attached hydrogen (secondary N) is 2. The molecule has 2 rings (SSSR count). The predicted octanol–water partition coefficient (Wildman–Crippen LogP) is 4.50. The summed E-state index contributed by atoms with van der Waals surface area (Å²) in [5, 5.41) is 16.8. The van der Waals surface area contributed by atoms with Crippen molar-refractivity contribution in [1.29, 1.82) is 0 Å². The molecule has 27 heavy (non-hydrogen) atoms. The van der Waals surface area contributed by atoms with Crippen LogP contribution in [0.5, 0.6) is 0 Å². The highest BCUT2D eigenvalue weighted by atomic mass is 35.5. The van der Waals surface area contributed by atoms with Crippen molar-refractivity contribution in [3.8, 4) is 0 Å². The molecular weight excluding hydrogens is 387 g/mol. The van der Waals surface area contributed by atoms with E-state index in [0.717, 1.165) is 12.1 Å². The van der Waals surface area contributed by atoms with Crippen LogP contribution in [0.1, 0.15) is 22.3 Å². The Hall–Kier alpha value is -2.81. The fourth-order valence-corrected chi connectivity index (χ4v) is 2.44. The van der Waals surface area contributed by atoms with Crippen LogP contribution < -0.4 is 10.6 Å². The second-order valence-corrected chi connectivity index (χ2v) is 5.97. The highest BCUT2D eigenvalue weighted by molar-refractivity contribution is 6.30. The second kappa shape index (κ2) is 8.72. The zero-order chi connectivity index (χ0) is 20.0. The molecule has 0 spiro atoms. The number of nitro groups is 1. The van der Waals surface area contributed by atoms with E-state index < -0.39 is 22.4 Å². The summed E-state index contributed by atoms with van der Waals surface area (Å²) < 4.78 is 38.0. The van der Waals surface area contributed by atoms with Crippen molar-refractivity contribution in [2.75, 3.05) is 18.4 Å². The summed E-state index contributed by atoms with van der Waals surface area (Å²) in [5.41, 5.74) is -1.37. The van der Waals surface area contributed by atoms with Gasteiger partial charge in [0.15, 0.2) is 0 Å². The Morgan fingerprint density at radius 3 is 2.52 bits per heavy atom. The average molecular weight is 402 g/mol. The zero-order valence-electron chi connectivity index (χ0n) is 13.8. The van der Waals surface area contributed by atoms with Crippen molar-refractivity contribution >= 4 is 28.9 Å². The van der Waals surface area contributed by atoms with E-state index in [1.807, 2.05) is 0 Å². The first-order valence-corrected chi connectivity index (χ1v) is 8.19. The fourth-order valence-electron chi connectivity index (χ4n) is 2.25. The molecule has 0 heterocycles. The van der Waals surface area contributed by atoms with E-state index in [1.54, 1.807) is 18.2 Å². The molecule has 0 fully saturated rings. The molecule has 0 unspecified atom stereocenters. The van der Waals surface area contributed by atoms with Crippen molar-refractivity contribution in [2.45, 2.75) is 12.6 Å². The third-order valence-electron chi connectivity index (χ3n) is 3.56. The molecule has 0 aromatic heterocycles. The number of anilines is 1. The molecule has 0 saturated carbocycles. The number of benzene rings is 2. The van der Waals surface area contributed by atoms with Crippen LogP contribution in [0.2, 0.25) is 5.02 Å². The van der Waals surface area contributed by atoms with Gasteiger partial charge >= 0.3 is 6.18 Å². The van der Waals surface area contributed by atoms with Crippen LogP contribution in [0.25, 0.3) is 0 Å². The van der Waals surface area contributed by atoms with Crippen molar-refractivity contribution in [3.05, 3.63) is 68.7 Å². The predicted molar refractivity (Wildman–Crippen MR) is 95.0 cm³/mol. The number of carbonyl (C=O) groups excluding carboxylic acids is 1. The highest BCUT2D eigenvalue weighted by Gasteiger charge is 2.32. The molecule has 0 aliphatic heterocycles. The van der Waals surface area contributed by atoms with Gasteiger partial charge in [0.05, 0.1) is 10.5 Å². The third kappa shape index (κ3) is 5.85. The van der Waals surface area contributed by atoms with E-state index in [4.69, 9.17) is 11.6 Å². The molecule has 0 saturated heterocycles. The van der Waals surface area contributed by atoms with Crippen LogP contribution in [-0.4, -0.2) is 23.9 Å². The summed E-state index contributed by atoms with van der Waals surface area (Å²) in [4.78, 5) is 22.0. The van der Waals surface area contributed by atoms with Crippen molar-refractivity contribution < 1.29 is 22.9 Å². The van der Waals surface area contributed by atoms with E-state index in [2.05, 4.69) is 10.6 Å². The summed E-state index contributed by atoms with van der Waals surface area (Å²) in [7, 11) is 0. The molecule has 10 heteroatoms. The van der Waals surface area contributed by atoms with Gasteiger partial charge in [0.2, 0.25) is 0 Å². The number of carbonyl (C=O) groups is 1. The zero-order valence-corrected chi connectivity index (χ0v) is 14.6. The van der Waals surface area contributed by atoms with Gasteiger partial charge in [-0.05, 0) is 36.8 Å². The number of halogens is 4. The van der Waals surface area contributed by atoms with Crippen molar-refractivity contribution in [1.82, 2.24) is 5.32 Å². The number of rotatable bonds is 7. The molecule has 0 aliphatic rings. The number of alkyl halides is 3. The molecule has 6 nitrogen and oxygen atoms in total. The van der Waals surface area contributed by atoms with Gasteiger partial charge in [-0.1, -0.05) is 17.7 Å². The van der Waals surface area contributed by atoms with Crippen LogP contribution in [0.15, 0.2) is 42.5 Å². The summed E-state index contributed by atoms with van der Waals surface area (Å²) in [6.07, 6.45) is -4.25. The monoisotopic (exact) mass is 401 g/mol. The standard InChI is InChI=1S/C17H15ClF3N3O3/c18-13-4-1-3-11(9-13)16(25)23-8-2-7-22-14-6-5-12(17(19,20)21)10-15(14)24(26)27/h1,3-6,9-10,22H,2,7-8H2,(H,23,25). The summed E-state index contributed by atoms with van der Waals surface area (Å²) in [6, 6.07) is 8.68. The van der Waals surface area contributed by atoms with Gasteiger partial charge in [-0.2, -0.15) is 13.2 Å². The Bertz CT molecular complexity index is 844. The van der Waals surface area contributed by atoms with E-state index in [-0.39, 0.29) is 24.7 Å². The lowest BCUT2D eigenvalue weighted by atomic mass is 10.1. The Kier molecular flexibility index (Phi) is 6.62. The number of hydrogen-bond acceptors (Lipinski definition) is 4. The van der Waals surface area contributed by atoms with Gasteiger partial charge < -0.3 is 10.6 Å².